The minimum Gasteiger partial charge on any atom is -0.493 e. The summed E-state index contributed by atoms with van der Waals surface area (Å²) in [6.07, 6.45) is 1.72. The lowest BCUT2D eigenvalue weighted by Crippen LogP contribution is -1.92. The number of allylic oxidation sites excluding steroid dienone is 1. The van der Waals surface area contributed by atoms with Gasteiger partial charge in [-0.25, -0.2) is 0 Å². The summed E-state index contributed by atoms with van der Waals surface area (Å²) in [5, 5.41) is 20.0. The van der Waals surface area contributed by atoms with Crippen molar-refractivity contribution in [2.24, 2.45) is 0 Å². The molecule has 0 atom stereocenters. The lowest BCUT2D eigenvalue weighted by Gasteiger charge is -2.06. The number of hydrogen-bond donors (Lipinski definition) is 0. The number of nitriles is 1. The van der Waals surface area contributed by atoms with Crippen LogP contribution in [0.15, 0.2) is 46.9 Å². The minimum atomic E-state index is -0.469. The van der Waals surface area contributed by atoms with Gasteiger partial charge >= 0.3 is 0 Å². The second kappa shape index (κ2) is 7.56. The zero-order valence-corrected chi connectivity index (χ0v) is 13.9. The summed E-state index contributed by atoms with van der Waals surface area (Å²) in [7, 11) is 0. The van der Waals surface area contributed by atoms with E-state index < -0.39 is 4.92 Å². The van der Waals surface area contributed by atoms with Crippen LogP contribution in [0.2, 0.25) is 0 Å². The monoisotopic (exact) mass is 372 g/mol. The molecule has 0 aromatic heterocycles. The van der Waals surface area contributed by atoms with Gasteiger partial charge in [0.2, 0.25) is 0 Å². The number of ether oxygens (including phenoxy) is 1. The maximum Gasteiger partial charge on any atom is 0.269 e. The third kappa shape index (κ3) is 4.18. The zero-order valence-electron chi connectivity index (χ0n) is 12.3. The first-order valence-corrected chi connectivity index (χ1v) is 7.63. The van der Waals surface area contributed by atoms with E-state index in [0.29, 0.717) is 17.7 Å². The average Bonchev–Trinajstić information content (AvgIpc) is 2.55. The molecule has 0 aliphatic rings. The molecule has 0 bridgehead atoms. The van der Waals surface area contributed by atoms with E-state index in [2.05, 4.69) is 22.0 Å². The lowest BCUT2D eigenvalue weighted by atomic mass is 10.0. The first-order valence-electron chi connectivity index (χ1n) is 6.84. The van der Waals surface area contributed by atoms with Crippen molar-refractivity contribution in [3.8, 4) is 11.8 Å². The van der Waals surface area contributed by atoms with E-state index in [1.807, 2.05) is 25.1 Å². The average molecular weight is 373 g/mol. The Hall–Kier alpha value is -2.65. The highest BCUT2D eigenvalue weighted by molar-refractivity contribution is 9.10. The van der Waals surface area contributed by atoms with Crippen LogP contribution >= 0.6 is 15.9 Å². The number of nitro benzene ring substituents is 1. The van der Waals surface area contributed by atoms with Crippen LogP contribution in [-0.4, -0.2) is 11.5 Å². The molecule has 23 heavy (non-hydrogen) atoms. The van der Waals surface area contributed by atoms with Gasteiger partial charge in [-0.1, -0.05) is 6.07 Å². The van der Waals surface area contributed by atoms with E-state index in [9.17, 15) is 15.4 Å². The predicted molar refractivity (Wildman–Crippen MR) is 91.9 cm³/mol. The maximum absolute atomic E-state index is 10.7. The van der Waals surface area contributed by atoms with E-state index >= 15 is 0 Å². The molecule has 0 amide bonds. The fraction of sp³-hybridized carbons (Fsp3) is 0.118. The topological polar surface area (TPSA) is 76.2 Å². The first-order chi connectivity index (χ1) is 11.0. The Kier molecular flexibility index (Phi) is 5.50. The second-order valence-corrected chi connectivity index (χ2v) is 5.45. The molecule has 2 aromatic rings. The quantitative estimate of drug-likeness (QED) is 0.326. The Balaban J connectivity index is 2.33. The van der Waals surface area contributed by atoms with Gasteiger partial charge in [0.15, 0.2) is 0 Å². The van der Waals surface area contributed by atoms with Crippen LogP contribution in [0.25, 0.3) is 11.6 Å². The fourth-order valence-corrected chi connectivity index (χ4v) is 2.50. The van der Waals surface area contributed by atoms with E-state index in [0.717, 1.165) is 15.8 Å². The van der Waals surface area contributed by atoms with Crippen molar-refractivity contribution in [1.82, 2.24) is 0 Å². The Morgan fingerprint density at radius 3 is 2.57 bits per heavy atom. The molecule has 0 N–H and O–H groups in total. The van der Waals surface area contributed by atoms with Crippen molar-refractivity contribution in [2.75, 3.05) is 6.61 Å². The molecule has 0 unspecified atom stereocenters. The Labute approximate surface area is 142 Å². The number of rotatable bonds is 5. The van der Waals surface area contributed by atoms with Crippen LogP contribution in [0.3, 0.4) is 0 Å². The summed E-state index contributed by atoms with van der Waals surface area (Å²) in [5.74, 6) is 0.735. The standard InChI is InChI=1S/C17H13BrN2O3/c1-2-23-17-8-3-12(10-16(17)18)9-14(11-19)13-4-6-15(7-5-13)20(21)22/h3-10H,2H2,1H3/b14-9-. The van der Waals surface area contributed by atoms with Gasteiger partial charge in [-0.2, -0.15) is 5.26 Å². The highest BCUT2D eigenvalue weighted by Gasteiger charge is 2.07. The van der Waals surface area contributed by atoms with Crippen molar-refractivity contribution < 1.29 is 9.66 Å². The van der Waals surface area contributed by atoms with E-state index in [4.69, 9.17) is 4.74 Å². The largest absolute Gasteiger partial charge is 0.493 e. The number of hydrogen-bond acceptors (Lipinski definition) is 4. The highest BCUT2D eigenvalue weighted by atomic mass is 79.9. The van der Waals surface area contributed by atoms with Crippen LogP contribution in [0.4, 0.5) is 5.69 Å². The summed E-state index contributed by atoms with van der Waals surface area (Å²) in [5.41, 5.74) is 1.88. The number of non-ortho nitro benzene ring substituents is 1. The molecule has 0 heterocycles. The van der Waals surface area contributed by atoms with Crippen molar-refractivity contribution in [2.45, 2.75) is 6.92 Å². The van der Waals surface area contributed by atoms with Crippen molar-refractivity contribution in [3.05, 3.63) is 68.2 Å². The Bertz CT molecular complexity index is 792. The third-order valence-electron chi connectivity index (χ3n) is 3.08. The van der Waals surface area contributed by atoms with E-state index in [1.54, 1.807) is 18.2 Å². The fourth-order valence-electron chi connectivity index (χ4n) is 1.99. The predicted octanol–water partition coefficient (Wildman–Crippen LogP) is 4.82. The SMILES string of the molecule is CCOc1ccc(/C=C(/C#N)c2ccc([N+](=O)[O-])cc2)cc1Br. The van der Waals surface area contributed by atoms with Gasteiger partial charge < -0.3 is 4.74 Å². The van der Waals surface area contributed by atoms with Gasteiger partial charge in [0.1, 0.15) is 5.75 Å². The Morgan fingerprint density at radius 1 is 1.35 bits per heavy atom. The zero-order chi connectivity index (χ0) is 16.8. The lowest BCUT2D eigenvalue weighted by molar-refractivity contribution is -0.384. The number of nitrogens with zero attached hydrogens (tertiary/aromatic N) is 2. The summed E-state index contributed by atoms with van der Waals surface area (Å²) in [6, 6.07) is 13.5. The molecule has 2 aromatic carbocycles. The highest BCUT2D eigenvalue weighted by Crippen LogP contribution is 2.28. The molecule has 0 saturated carbocycles. The van der Waals surface area contributed by atoms with Gasteiger partial charge in [-0.3, -0.25) is 10.1 Å². The Morgan fingerprint density at radius 2 is 2.04 bits per heavy atom. The summed E-state index contributed by atoms with van der Waals surface area (Å²) in [6.45, 7) is 2.47. The number of benzene rings is 2. The summed E-state index contributed by atoms with van der Waals surface area (Å²) >= 11 is 3.43. The molecule has 0 aliphatic heterocycles. The van der Waals surface area contributed by atoms with Crippen LogP contribution < -0.4 is 4.74 Å². The van der Waals surface area contributed by atoms with Crippen molar-refractivity contribution in [1.29, 1.82) is 5.26 Å². The maximum atomic E-state index is 10.7. The molecule has 0 radical (unpaired) electrons. The molecular weight excluding hydrogens is 360 g/mol. The molecule has 2 rings (SSSR count). The smallest absolute Gasteiger partial charge is 0.269 e. The number of halogens is 1. The van der Waals surface area contributed by atoms with Crippen LogP contribution in [0.5, 0.6) is 5.75 Å². The molecule has 116 valence electrons. The van der Waals surface area contributed by atoms with Crippen LogP contribution in [-0.2, 0) is 0 Å². The molecule has 5 nitrogen and oxygen atoms in total. The summed E-state index contributed by atoms with van der Waals surface area (Å²) < 4.78 is 6.25. The molecule has 6 heteroatoms. The minimum absolute atomic E-state index is 0.00477. The van der Waals surface area contributed by atoms with Crippen molar-refractivity contribution in [3.63, 3.8) is 0 Å². The molecule has 0 saturated heterocycles. The van der Waals surface area contributed by atoms with Gasteiger partial charge in [-0.05, 0) is 64.3 Å². The normalized spacial score (nSPS) is 10.9. The van der Waals surface area contributed by atoms with Gasteiger partial charge in [0.25, 0.3) is 5.69 Å². The molecular formula is C17H13BrN2O3. The molecule has 0 spiro atoms. The van der Waals surface area contributed by atoms with Gasteiger partial charge in [-0.15, -0.1) is 0 Å². The third-order valence-corrected chi connectivity index (χ3v) is 3.70. The van der Waals surface area contributed by atoms with Crippen LogP contribution in [0.1, 0.15) is 18.1 Å². The van der Waals surface area contributed by atoms with Gasteiger partial charge in [0, 0.05) is 12.1 Å². The molecule has 0 fully saturated rings. The first kappa shape index (κ1) is 16.7. The molecule has 0 aliphatic carbocycles. The van der Waals surface area contributed by atoms with E-state index in [-0.39, 0.29) is 5.69 Å². The van der Waals surface area contributed by atoms with Crippen molar-refractivity contribution >= 4 is 33.3 Å². The number of nitro groups is 1. The summed E-state index contributed by atoms with van der Waals surface area (Å²) in [4.78, 5) is 10.2. The van der Waals surface area contributed by atoms with Crippen LogP contribution in [0, 0.1) is 21.4 Å². The van der Waals surface area contributed by atoms with Gasteiger partial charge in [0.05, 0.1) is 27.6 Å². The van der Waals surface area contributed by atoms with E-state index in [1.165, 1.54) is 12.1 Å². The second-order valence-electron chi connectivity index (χ2n) is 4.60.